The van der Waals surface area contributed by atoms with E-state index < -0.39 is 0 Å². The summed E-state index contributed by atoms with van der Waals surface area (Å²) in [6.07, 6.45) is 1.97. The van der Waals surface area contributed by atoms with Gasteiger partial charge in [0.15, 0.2) is 0 Å². The normalized spacial score (nSPS) is 16.9. The maximum atomic E-state index is 4.47. The van der Waals surface area contributed by atoms with E-state index in [-0.39, 0.29) is 0 Å². The van der Waals surface area contributed by atoms with Crippen molar-refractivity contribution in [1.29, 1.82) is 0 Å². The van der Waals surface area contributed by atoms with Gasteiger partial charge in [0.1, 0.15) is 0 Å². The van der Waals surface area contributed by atoms with Crippen LogP contribution in [0.4, 0.5) is 5.69 Å². The van der Waals surface area contributed by atoms with Crippen molar-refractivity contribution in [3.63, 3.8) is 0 Å². The molecule has 19 heavy (non-hydrogen) atoms. The molecule has 0 aliphatic carbocycles. The lowest BCUT2D eigenvalue weighted by molar-refractivity contribution is 0.231. The van der Waals surface area contributed by atoms with Gasteiger partial charge in [-0.2, -0.15) is 0 Å². The van der Waals surface area contributed by atoms with Crippen molar-refractivity contribution in [3.05, 3.63) is 30.6 Å². The number of nitrogens with zero attached hydrogens (tertiary/aromatic N) is 3. The van der Waals surface area contributed by atoms with Gasteiger partial charge >= 0.3 is 0 Å². The lowest BCUT2D eigenvalue weighted by Crippen LogP contribution is -2.47. The molecule has 0 radical (unpaired) electrons. The predicted octanol–water partition coefficient (Wildman–Crippen LogP) is 2.89. The Kier molecular flexibility index (Phi) is 4.59. The van der Waals surface area contributed by atoms with E-state index >= 15 is 0 Å². The zero-order chi connectivity index (χ0) is 13.8. The monoisotopic (exact) mass is 259 g/mol. The first kappa shape index (κ1) is 14.1. The Hall–Kier alpha value is -1.35. The molecule has 1 aliphatic rings. The van der Waals surface area contributed by atoms with Gasteiger partial charge in [0.2, 0.25) is 0 Å². The SMILES string of the molecule is C=C(C)c1ccc(N2CCN(CC(C)C)CC2)cn1. The summed E-state index contributed by atoms with van der Waals surface area (Å²) in [6.45, 7) is 16.2. The molecule has 1 aliphatic heterocycles. The zero-order valence-corrected chi connectivity index (χ0v) is 12.4. The summed E-state index contributed by atoms with van der Waals surface area (Å²) in [5.74, 6) is 0.753. The zero-order valence-electron chi connectivity index (χ0n) is 12.4. The van der Waals surface area contributed by atoms with Gasteiger partial charge in [-0.25, -0.2) is 0 Å². The second kappa shape index (κ2) is 6.20. The van der Waals surface area contributed by atoms with Gasteiger partial charge in [-0.1, -0.05) is 20.4 Å². The van der Waals surface area contributed by atoms with E-state index in [4.69, 9.17) is 0 Å². The van der Waals surface area contributed by atoms with Crippen LogP contribution in [0.5, 0.6) is 0 Å². The Morgan fingerprint density at radius 3 is 2.42 bits per heavy atom. The Bertz CT molecular complexity index is 414. The highest BCUT2D eigenvalue weighted by atomic mass is 15.3. The molecular formula is C16H25N3. The molecule has 2 heterocycles. The van der Waals surface area contributed by atoms with Crippen molar-refractivity contribution in [3.8, 4) is 0 Å². The molecular weight excluding hydrogens is 234 g/mol. The van der Waals surface area contributed by atoms with E-state index in [2.05, 4.69) is 47.3 Å². The minimum atomic E-state index is 0.753. The number of allylic oxidation sites excluding steroid dienone is 1. The molecule has 1 aromatic rings. The number of anilines is 1. The average molecular weight is 259 g/mol. The molecule has 0 amide bonds. The number of rotatable bonds is 4. The lowest BCUT2D eigenvalue weighted by Gasteiger charge is -2.36. The maximum absolute atomic E-state index is 4.47. The van der Waals surface area contributed by atoms with Crippen LogP contribution in [0.15, 0.2) is 24.9 Å². The molecule has 1 fully saturated rings. The van der Waals surface area contributed by atoms with E-state index in [1.807, 2.05) is 13.1 Å². The topological polar surface area (TPSA) is 19.4 Å². The van der Waals surface area contributed by atoms with Crippen molar-refractivity contribution in [2.45, 2.75) is 20.8 Å². The van der Waals surface area contributed by atoms with Crippen LogP contribution in [-0.2, 0) is 0 Å². The largest absolute Gasteiger partial charge is 0.368 e. The van der Waals surface area contributed by atoms with Crippen molar-refractivity contribution in [2.24, 2.45) is 5.92 Å². The molecule has 3 heteroatoms. The molecule has 0 saturated carbocycles. The van der Waals surface area contributed by atoms with Gasteiger partial charge in [0.25, 0.3) is 0 Å². The molecule has 0 unspecified atom stereocenters. The van der Waals surface area contributed by atoms with Crippen LogP contribution in [0, 0.1) is 5.92 Å². The summed E-state index contributed by atoms with van der Waals surface area (Å²) in [5.41, 5.74) is 3.24. The third-order valence-corrected chi connectivity index (χ3v) is 3.55. The number of hydrogen-bond acceptors (Lipinski definition) is 3. The van der Waals surface area contributed by atoms with Crippen LogP contribution in [0.1, 0.15) is 26.5 Å². The summed E-state index contributed by atoms with van der Waals surface area (Å²) in [6, 6.07) is 4.23. The first-order valence-electron chi connectivity index (χ1n) is 7.15. The van der Waals surface area contributed by atoms with Crippen LogP contribution in [-0.4, -0.2) is 42.6 Å². The Labute approximate surface area is 116 Å². The quantitative estimate of drug-likeness (QED) is 0.829. The Morgan fingerprint density at radius 2 is 1.95 bits per heavy atom. The number of aromatic nitrogens is 1. The highest BCUT2D eigenvalue weighted by Crippen LogP contribution is 2.18. The fourth-order valence-electron chi connectivity index (χ4n) is 2.53. The molecule has 2 rings (SSSR count). The van der Waals surface area contributed by atoms with Crippen LogP contribution in [0.25, 0.3) is 5.57 Å². The molecule has 0 atom stereocenters. The van der Waals surface area contributed by atoms with Crippen molar-refractivity contribution in [1.82, 2.24) is 9.88 Å². The highest BCUT2D eigenvalue weighted by molar-refractivity contribution is 5.59. The van der Waals surface area contributed by atoms with Crippen molar-refractivity contribution in [2.75, 3.05) is 37.6 Å². The first-order valence-corrected chi connectivity index (χ1v) is 7.15. The summed E-state index contributed by atoms with van der Waals surface area (Å²) in [4.78, 5) is 9.44. The standard InChI is InChI=1S/C16H25N3/c1-13(2)12-18-7-9-19(10-8-18)15-5-6-16(14(3)4)17-11-15/h5-6,11,13H,3,7-10,12H2,1-2,4H3. The molecule has 0 bridgehead atoms. The van der Waals surface area contributed by atoms with E-state index in [9.17, 15) is 0 Å². The van der Waals surface area contributed by atoms with E-state index in [1.54, 1.807) is 0 Å². The fraction of sp³-hybridized carbons (Fsp3) is 0.562. The summed E-state index contributed by atoms with van der Waals surface area (Å²) in [7, 11) is 0. The molecule has 104 valence electrons. The average Bonchev–Trinajstić information content (AvgIpc) is 2.39. The smallest absolute Gasteiger partial charge is 0.0654 e. The maximum Gasteiger partial charge on any atom is 0.0654 e. The van der Waals surface area contributed by atoms with E-state index in [0.29, 0.717) is 0 Å². The van der Waals surface area contributed by atoms with Gasteiger partial charge in [0, 0.05) is 32.7 Å². The molecule has 0 spiro atoms. The molecule has 1 saturated heterocycles. The van der Waals surface area contributed by atoms with Gasteiger partial charge in [0.05, 0.1) is 17.6 Å². The molecule has 0 aromatic carbocycles. The summed E-state index contributed by atoms with van der Waals surface area (Å²) < 4.78 is 0. The minimum absolute atomic E-state index is 0.753. The molecule has 3 nitrogen and oxygen atoms in total. The van der Waals surface area contributed by atoms with Crippen LogP contribution in [0.3, 0.4) is 0 Å². The second-order valence-corrected chi connectivity index (χ2v) is 5.86. The Morgan fingerprint density at radius 1 is 1.26 bits per heavy atom. The Balaban J connectivity index is 1.92. The third-order valence-electron chi connectivity index (χ3n) is 3.55. The number of hydrogen-bond donors (Lipinski definition) is 0. The van der Waals surface area contributed by atoms with Crippen LogP contribution < -0.4 is 4.90 Å². The highest BCUT2D eigenvalue weighted by Gasteiger charge is 2.17. The second-order valence-electron chi connectivity index (χ2n) is 5.86. The van der Waals surface area contributed by atoms with Crippen molar-refractivity contribution >= 4 is 11.3 Å². The number of pyridine rings is 1. The fourth-order valence-corrected chi connectivity index (χ4v) is 2.53. The van der Waals surface area contributed by atoms with Gasteiger partial charge < -0.3 is 4.90 Å². The van der Waals surface area contributed by atoms with Gasteiger partial charge in [-0.05, 0) is 30.5 Å². The first-order chi connectivity index (χ1) is 9.06. The van der Waals surface area contributed by atoms with Crippen LogP contribution >= 0.6 is 0 Å². The van der Waals surface area contributed by atoms with Crippen molar-refractivity contribution < 1.29 is 0 Å². The van der Waals surface area contributed by atoms with Gasteiger partial charge in [-0.3, -0.25) is 9.88 Å². The van der Waals surface area contributed by atoms with E-state index in [1.165, 1.54) is 12.2 Å². The minimum Gasteiger partial charge on any atom is -0.368 e. The number of piperazine rings is 1. The molecule has 1 aromatic heterocycles. The predicted molar refractivity (Wildman–Crippen MR) is 82.4 cm³/mol. The third kappa shape index (κ3) is 3.80. The van der Waals surface area contributed by atoms with Gasteiger partial charge in [-0.15, -0.1) is 0 Å². The summed E-state index contributed by atoms with van der Waals surface area (Å²) in [5, 5.41) is 0. The summed E-state index contributed by atoms with van der Waals surface area (Å²) >= 11 is 0. The lowest BCUT2D eigenvalue weighted by atomic mass is 10.2. The molecule has 0 N–H and O–H groups in total. The van der Waals surface area contributed by atoms with E-state index in [0.717, 1.165) is 43.4 Å². The van der Waals surface area contributed by atoms with Crippen LogP contribution in [0.2, 0.25) is 0 Å².